The molecule has 0 radical (unpaired) electrons. The topological polar surface area (TPSA) is 79.9 Å². The number of fused-ring (bicyclic) bond motifs is 2. The fourth-order valence-corrected chi connectivity index (χ4v) is 4.17. The van der Waals surface area contributed by atoms with E-state index in [1.165, 1.54) is 0 Å². The molecule has 1 atom stereocenters. The summed E-state index contributed by atoms with van der Waals surface area (Å²) in [5, 5.41) is 17.9. The van der Waals surface area contributed by atoms with Crippen molar-refractivity contribution in [3.05, 3.63) is 45.4 Å². The summed E-state index contributed by atoms with van der Waals surface area (Å²) < 4.78 is 8.11. The van der Waals surface area contributed by atoms with Gasteiger partial charge in [0.2, 0.25) is 0 Å². The second kappa shape index (κ2) is 6.39. The lowest BCUT2D eigenvalue weighted by molar-refractivity contribution is 0.0938. The molecule has 4 rings (SSSR count). The van der Waals surface area contributed by atoms with Gasteiger partial charge in [-0.15, -0.1) is 0 Å². The molecule has 0 bridgehead atoms. The minimum atomic E-state index is -0.122. The maximum atomic E-state index is 12.4. The van der Waals surface area contributed by atoms with Crippen LogP contribution < -0.4 is 10.1 Å². The van der Waals surface area contributed by atoms with Crippen molar-refractivity contribution in [3.8, 4) is 23.1 Å². The lowest BCUT2D eigenvalue weighted by Crippen LogP contribution is -2.34. The third-order valence-corrected chi connectivity index (χ3v) is 5.43. The van der Waals surface area contributed by atoms with Crippen molar-refractivity contribution in [2.75, 3.05) is 13.7 Å². The Bertz CT molecular complexity index is 1140. The van der Waals surface area contributed by atoms with Gasteiger partial charge < -0.3 is 10.1 Å². The van der Waals surface area contributed by atoms with Crippen molar-refractivity contribution in [3.63, 3.8) is 0 Å². The van der Waals surface area contributed by atoms with Gasteiger partial charge in [-0.3, -0.25) is 9.48 Å². The molecule has 1 N–H and O–H groups in total. The second-order valence-corrected chi connectivity index (χ2v) is 7.60. The van der Waals surface area contributed by atoms with E-state index in [0.29, 0.717) is 23.4 Å². The summed E-state index contributed by atoms with van der Waals surface area (Å²) in [4.78, 5) is 12.4. The third-order valence-electron chi connectivity index (χ3n) is 4.97. The summed E-state index contributed by atoms with van der Waals surface area (Å²) in [6.45, 7) is 2.65. The number of carbonyl (C=O) groups excluding carboxylic acids is 1. The van der Waals surface area contributed by atoms with Crippen molar-refractivity contribution < 1.29 is 9.53 Å². The highest BCUT2D eigenvalue weighted by molar-refractivity contribution is 9.10. The van der Waals surface area contributed by atoms with Crippen LogP contribution in [0.1, 0.15) is 34.3 Å². The van der Waals surface area contributed by atoms with Gasteiger partial charge in [-0.2, -0.15) is 10.4 Å². The smallest absolute Gasteiger partial charge is 0.255 e. The zero-order valence-electron chi connectivity index (χ0n) is 15.1. The van der Waals surface area contributed by atoms with E-state index in [2.05, 4.69) is 39.3 Å². The molecule has 3 aromatic rings. The molecule has 1 amide bonds. The van der Waals surface area contributed by atoms with E-state index in [-0.39, 0.29) is 11.8 Å². The van der Waals surface area contributed by atoms with Crippen LogP contribution in [0.3, 0.4) is 0 Å². The standard InChI is InChI=1S/C20H17BrN4O2/c1-10-9-23-20(26)18-14(10)5-11(6-16(18)27-3)19-17-12(8-22)4-13(21)7-15(17)24-25(19)2/h4-7,10H,9H2,1-3H3,(H,23,26). The Hall–Kier alpha value is -2.85. The number of hydrogen-bond donors (Lipinski definition) is 1. The summed E-state index contributed by atoms with van der Waals surface area (Å²) in [5.41, 5.74) is 4.50. The number of nitrogens with one attached hydrogen (secondary N) is 1. The zero-order valence-corrected chi connectivity index (χ0v) is 16.7. The molecule has 1 unspecified atom stereocenters. The molecule has 2 heterocycles. The van der Waals surface area contributed by atoms with Gasteiger partial charge in [-0.25, -0.2) is 0 Å². The number of benzene rings is 2. The summed E-state index contributed by atoms with van der Waals surface area (Å²) in [7, 11) is 3.41. The van der Waals surface area contributed by atoms with E-state index in [1.807, 2.05) is 25.2 Å². The van der Waals surface area contributed by atoms with Gasteiger partial charge in [0.25, 0.3) is 5.91 Å². The van der Waals surface area contributed by atoms with Crippen LogP contribution in [-0.2, 0) is 7.05 Å². The van der Waals surface area contributed by atoms with Crippen LogP contribution >= 0.6 is 15.9 Å². The molecule has 0 saturated carbocycles. The zero-order chi connectivity index (χ0) is 19.3. The Morgan fingerprint density at radius 1 is 1.37 bits per heavy atom. The monoisotopic (exact) mass is 424 g/mol. The number of aryl methyl sites for hydroxylation is 1. The Labute approximate surface area is 164 Å². The first-order chi connectivity index (χ1) is 12.9. The van der Waals surface area contributed by atoms with Crippen molar-refractivity contribution in [2.45, 2.75) is 12.8 Å². The number of rotatable bonds is 2. The molecule has 0 fully saturated rings. The molecule has 2 aromatic carbocycles. The number of ether oxygens (including phenoxy) is 1. The van der Waals surface area contributed by atoms with Crippen LogP contribution in [0, 0.1) is 11.3 Å². The van der Waals surface area contributed by atoms with Crippen molar-refractivity contribution in [2.24, 2.45) is 7.05 Å². The summed E-state index contributed by atoms with van der Waals surface area (Å²) >= 11 is 3.44. The number of nitriles is 1. The first-order valence-corrected chi connectivity index (χ1v) is 9.30. The number of amides is 1. The highest BCUT2D eigenvalue weighted by Crippen LogP contribution is 2.39. The van der Waals surface area contributed by atoms with Crippen LogP contribution in [0.5, 0.6) is 5.75 Å². The number of halogens is 1. The second-order valence-electron chi connectivity index (χ2n) is 6.69. The minimum absolute atomic E-state index is 0.122. The van der Waals surface area contributed by atoms with E-state index in [0.717, 1.165) is 32.2 Å². The number of methoxy groups -OCH3 is 1. The van der Waals surface area contributed by atoms with Crippen LogP contribution in [0.4, 0.5) is 0 Å². The molecule has 1 aliphatic rings. The Morgan fingerprint density at radius 3 is 2.85 bits per heavy atom. The molecular formula is C20H17BrN4O2. The van der Waals surface area contributed by atoms with E-state index < -0.39 is 0 Å². The number of aromatic nitrogens is 2. The highest BCUT2D eigenvalue weighted by Gasteiger charge is 2.28. The van der Waals surface area contributed by atoms with Crippen LogP contribution in [0.25, 0.3) is 22.2 Å². The number of carbonyl (C=O) groups is 1. The Balaban J connectivity index is 2.06. The summed E-state index contributed by atoms with van der Waals surface area (Å²) in [5.74, 6) is 0.565. The van der Waals surface area contributed by atoms with Gasteiger partial charge in [0.1, 0.15) is 5.75 Å². The SMILES string of the molecule is COc1cc(-c2c3c(C#N)cc(Br)cc3nn2C)cc2c1C(=O)NCC2C. The van der Waals surface area contributed by atoms with Crippen LogP contribution in [0.2, 0.25) is 0 Å². The maximum absolute atomic E-state index is 12.4. The van der Waals surface area contributed by atoms with Gasteiger partial charge in [-0.05, 0) is 35.7 Å². The molecule has 1 aliphatic heterocycles. The Kier molecular flexibility index (Phi) is 4.16. The van der Waals surface area contributed by atoms with Gasteiger partial charge in [0.15, 0.2) is 0 Å². The predicted molar refractivity (Wildman–Crippen MR) is 106 cm³/mol. The predicted octanol–water partition coefficient (Wildman–Crippen LogP) is 3.73. The summed E-state index contributed by atoms with van der Waals surface area (Å²) in [6, 6.07) is 9.81. The molecular weight excluding hydrogens is 408 g/mol. The van der Waals surface area contributed by atoms with Crippen molar-refractivity contribution in [1.29, 1.82) is 5.26 Å². The van der Waals surface area contributed by atoms with Gasteiger partial charge in [-0.1, -0.05) is 22.9 Å². The van der Waals surface area contributed by atoms with E-state index in [4.69, 9.17) is 4.74 Å². The van der Waals surface area contributed by atoms with E-state index in [1.54, 1.807) is 17.9 Å². The number of nitrogens with zero attached hydrogens (tertiary/aromatic N) is 3. The largest absolute Gasteiger partial charge is 0.496 e. The quantitative estimate of drug-likeness (QED) is 0.679. The van der Waals surface area contributed by atoms with Gasteiger partial charge in [0, 0.05) is 29.0 Å². The average molecular weight is 425 g/mol. The normalized spacial score (nSPS) is 16.0. The van der Waals surface area contributed by atoms with Gasteiger partial charge >= 0.3 is 0 Å². The molecule has 27 heavy (non-hydrogen) atoms. The first kappa shape index (κ1) is 17.6. The fourth-order valence-electron chi connectivity index (χ4n) is 3.72. The molecule has 0 aliphatic carbocycles. The average Bonchev–Trinajstić information content (AvgIpc) is 2.98. The third kappa shape index (κ3) is 2.68. The van der Waals surface area contributed by atoms with Crippen molar-refractivity contribution in [1.82, 2.24) is 15.1 Å². The minimum Gasteiger partial charge on any atom is -0.496 e. The lowest BCUT2D eigenvalue weighted by atomic mass is 9.88. The molecule has 136 valence electrons. The highest BCUT2D eigenvalue weighted by atomic mass is 79.9. The van der Waals surface area contributed by atoms with Crippen LogP contribution in [-0.4, -0.2) is 29.3 Å². The summed E-state index contributed by atoms with van der Waals surface area (Å²) in [6.07, 6.45) is 0. The molecule has 1 aromatic heterocycles. The van der Waals surface area contributed by atoms with Crippen molar-refractivity contribution >= 4 is 32.7 Å². The lowest BCUT2D eigenvalue weighted by Gasteiger charge is -2.25. The van der Waals surface area contributed by atoms with Gasteiger partial charge in [0.05, 0.1) is 35.5 Å². The molecule has 6 nitrogen and oxygen atoms in total. The van der Waals surface area contributed by atoms with E-state index in [9.17, 15) is 10.1 Å². The first-order valence-electron chi connectivity index (χ1n) is 8.51. The Morgan fingerprint density at radius 2 is 2.15 bits per heavy atom. The fraction of sp³-hybridized carbons (Fsp3) is 0.250. The van der Waals surface area contributed by atoms with E-state index >= 15 is 0 Å². The maximum Gasteiger partial charge on any atom is 0.255 e. The number of hydrogen-bond acceptors (Lipinski definition) is 4. The molecule has 7 heteroatoms. The van der Waals surface area contributed by atoms with Crippen LogP contribution in [0.15, 0.2) is 28.7 Å². The molecule has 0 spiro atoms. The molecule has 0 saturated heterocycles.